The summed E-state index contributed by atoms with van der Waals surface area (Å²) in [5, 5.41) is 36.8. The maximum Gasteiger partial charge on any atom is 0.322 e. The Morgan fingerprint density at radius 1 is 0.957 bits per heavy atom. The molecule has 6 amide bonds. The van der Waals surface area contributed by atoms with Gasteiger partial charge in [-0.2, -0.15) is 0 Å². The summed E-state index contributed by atoms with van der Waals surface area (Å²) in [7, 11) is 0. The number of aliphatic hydroxyl groups excluding tert-OH is 1. The van der Waals surface area contributed by atoms with E-state index in [-0.39, 0.29) is 43.8 Å². The van der Waals surface area contributed by atoms with Gasteiger partial charge in [0.1, 0.15) is 17.8 Å². The minimum Gasteiger partial charge on any atom is -0.494 e. The van der Waals surface area contributed by atoms with Crippen LogP contribution in [0.5, 0.6) is 5.75 Å². The van der Waals surface area contributed by atoms with Crippen molar-refractivity contribution < 1.29 is 39.0 Å². The number of carbonyl (C=O) groups excluding carboxylic acids is 5. The van der Waals surface area contributed by atoms with E-state index in [0.717, 1.165) is 45.8 Å². The first-order chi connectivity index (χ1) is 33.1. The van der Waals surface area contributed by atoms with Gasteiger partial charge in [0, 0.05) is 69.4 Å². The molecule has 3 atom stereocenters. The number of rotatable bonds is 22. The molecule has 6 rings (SSSR count). The number of aliphatic hydroxyl groups is 1. The monoisotopic (exact) mass is 964 g/mol. The molecule has 0 unspecified atom stereocenters. The van der Waals surface area contributed by atoms with Crippen LogP contribution in [-0.2, 0) is 40.4 Å². The number of aryl methyl sites for hydroxylation is 3. The summed E-state index contributed by atoms with van der Waals surface area (Å²) in [6.45, 7) is 11.7. The molecule has 0 spiro atoms. The number of nitrogens with zero attached hydrogens (tertiary/aromatic N) is 6. The third kappa shape index (κ3) is 14.9. The lowest BCUT2D eigenvalue weighted by atomic mass is 9.85. The lowest BCUT2D eigenvalue weighted by Gasteiger charge is -2.35. The highest BCUT2D eigenvalue weighted by molar-refractivity contribution is 7.13. The second-order valence-electron chi connectivity index (χ2n) is 18.3. The smallest absolute Gasteiger partial charge is 0.322 e. The summed E-state index contributed by atoms with van der Waals surface area (Å²) in [6, 6.07) is 19.7. The quantitative estimate of drug-likeness (QED) is 0.0257. The topological polar surface area (TPSA) is 233 Å². The van der Waals surface area contributed by atoms with E-state index in [0.29, 0.717) is 62.5 Å². The van der Waals surface area contributed by atoms with Crippen LogP contribution in [0.3, 0.4) is 0 Å². The number of hydrogen-bond acceptors (Lipinski definition) is 12. The Bertz CT molecular complexity index is 2490. The molecule has 1 aliphatic heterocycles. The fraction of sp³-hybridized carbons (Fsp3) is 0.440. The molecule has 1 saturated heterocycles. The first-order valence-electron chi connectivity index (χ1n) is 23.4. The standard InChI is InChI=1S/C50H64N10O8S/c1-6-7-24-58(29-35-14-18-37(19-15-35)46(63)56-67)49(66)53-38-20-22-41(23-21-38)68-26-9-25-59-30-39(55-57-59)10-8-11-43(62)54-45(50(3,4)5)48(65)60-31-40(61)27-42(60)47(64)51-28-34-12-16-36(17-13-34)44-33(2)52-32-69-44/h12-23,30,32,40,42,45,61,67H,6-11,24-29,31H2,1-5H3,(H,51,64)(H,53,66)(H,54,62)(H,56,63)/t40-,42+,45-/m1/s1. The molecule has 2 aromatic heterocycles. The zero-order chi connectivity index (χ0) is 49.5. The summed E-state index contributed by atoms with van der Waals surface area (Å²) in [5.74, 6) is -1.03. The van der Waals surface area contributed by atoms with Crippen LogP contribution in [-0.4, -0.2) is 108 Å². The Labute approximate surface area is 406 Å². The first kappa shape index (κ1) is 51.7. The number of benzene rings is 3. The Kier molecular flexibility index (Phi) is 18.4. The Balaban J connectivity index is 0.902. The fourth-order valence-electron chi connectivity index (χ4n) is 7.91. The number of ether oxygens (including phenoxy) is 1. The summed E-state index contributed by atoms with van der Waals surface area (Å²) in [4.78, 5) is 74.2. The van der Waals surface area contributed by atoms with Gasteiger partial charge in [0.05, 0.1) is 34.5 Å². The number of hydrogen-bond donors (Lipinski definition) is 6. The van der Waals surface area contributed by atoms with Crippen molar-refractivity contribution in [2.75, 3.05) is 25.0 Å². The molecular weight excluding hydrogens is 901 g/mol. The molecule has 3 aromatic carbocycles. The third-order valence-corrected chi connectivity index (χ3v) is 12.8. The lowest BCUT2D eigenvalue weighted by Crippen LogP contribution is -2.57. The number of anilines is 1. The summed E-state index contributed by atoms with van der Waals surface area (Å²) < 4.78 is 7.67. The van der Waals surface area contributed by atoms with E-state index < -0.39 is 35.4 Å². The van der Waals surface area contributed by atoms with Crippen molar-refractivity contribution in [3.05, 3.63) is 113 Å². The van der Waals surface area contributed by atoms with Gasteiger partial charge in [0.15, 0.2) is 0 Å². The molecule has 6 N–H and O–H groups in total. The number of β-amino-alcohol motifs (C(OH)–C–C–N with tert-alkyl or cyclic N) is 1. The van der Waals surface area contributed by atoms with E-state index in [1.165, 1.54) is 4.90 Å². The fourth-order valence-corrected chi connectivity index (χ4v) is 8.72. The third-order valence-electron chi connectivity index (χ3n) is 11.8. The number of urea groups is 1. The van der Waals surface area contributed by atoms with Gasteiger partial charge < -0.3 is 35.6 Å². The van der Waals surface area contributed by atoms with Gasteiger partial charge in [-0.15, -0.1) is 16.4 Å². The first-order valence-corrected chi connectivity index (χ1v) is 24.3. The van der Waals surface area contributed by atoms with Crippen molar-refractivity contribution in [2.45, 2.75) is 117 Å². The van der Waals surface area contributed by atoms with E-state index in [4.69, 9.17) is 9.94 Å². The highest BCUT2D eigenvalue weighted by Gasteiger charge is 2.44. The van der Waals surface area contributed by atoms with Gasteiger partial charge in [-0.05, 0) is 84.7 Å². The molecule has 0 bridgehead atoms. The normalized spacial score (nSPS) is 15.0. The van der Waals surface area contributed by atoms with Gasteiger partial charge in [-0.25, -0.2) is 15.3 Å². The zero-order valence-corrected chi connectivity index (χ0v) is 40.8. The van der Waals surface area contributed by atoms with E-state index in [1.807, 2.05) is 63.7 Å². The van der Waals surface area contributed by atoms with Crippen LogP contribution in [0.2, 0.25) is 0 Å². The minimum absolute atomic E-state index is 0.00513. The highest BCUT2D eigenvalue weighted by atomic mass is 32.1. The summed E-state index contributed by atoms with van der Waals surface area (Å²) >= 11 is 1.57. The van der Waals surface area contributed by atoms with Crippen molar-refractivity contribution in [1.29, 1.82) is 0 Å². The van der Waals surface area contributed by atoms with Crippen molar-refractivity contribution in [1.82, 2.24) is 45.9 Å². The molecule has 1 aliphatic rings. The van der Waals surface area contributed by atoms with E-state index in [1.54, 1.807) is 74.9 Å². The summed E-state index contributed by atoms with van der Waals surface area (Å²) in [6.07, 6.45) is 4.61. The van der Waals surface area contributed by atoms with Crippen molar-refractivity contribution >= 4 is 46.7 Å². The second kappa shape index (κ2) is 24.5. The minimum atomic E-state index is -0.921. The van der Waals surface area contributed by atoms with E-state index >= 15 is 0 Å². The molecule has 368 valence electrons. The van der Waals surface area contributed by atoms with Crippen molar-refractivity contribution in [3.63, 3.8) is 0 Å². The molecule has 0 saturated carbocycles. The molecular formula is C50H64N10O8S. The van der Waals surface area contributed by atoms with Crippen LogP contribution in [0.4, 0.5) is 10.5 Å². The molecule has 0 aliphatic carbocycles. The lowest BCUT2D eigenvalue weighted by molar-refractivity contribution is -0.144. The van der Waals surface area contributed by atoms with Crippen molar-refractivity contribution in [2.24, 2.45) is 5.41 Å². The van der Waals surface area contributed by atoms with Crippen LogP contribution in [0.25, 0.3) is 10.4 Å². The number of amides is 6. The number of likely N-dealkylation sites (tertiary alicyclic amines) is 1. The Morgan fingerprint density at radius 2 is 1.68 bits per heavy atom. The van der Waals surface area contributed by atoms with Gasteiger partial charge in [-0.1, -0.05) is 75.7 Å². The second-order valence-corrected chi connectivity index (χ2v) is 19.2. The van der Waals surface area contributed by atoms with Gasteiger partial charge in [-0.3, -0.25) is 29.1 Å². The molecule has 19 heteroatoms. The largest absolute Gasteiger partial charge is 0.494 e. The maximum atomic E-state index is 14.1. The molecule has 5 aromatic rings. The number of thiazole rings is 1. The maximum absolute atomic E-state index is 14.1. The molecule has 0 radical (unpaired) electrons. The SMILES string of the molecule is CCCCN(Cc1ccc(C(=O)NO)cc1)C(=O)Nc1ccc(OCCCn2cc(CCCC(=O)N[C@H](C(=O)N3C[C@H](O)C[C@H]3C(=O)NCc3ccc(-c4scnc4C)cc3)C(C)(C)C)nn2)cc1. The van der Waals surface area contributed by atoms with Gasteiger partial charge in [0.2, 0.25) is 17.7 Å². The summed E-state index contributed by atoms with van der Waals surface area (Å²) in [5.41, 5.74) is 8.17. The number of hydroxylamine groups is 1. The van der Waals surface area contributed by atoms with Crippen LogP contribution in [0, 0.1) is 12.3 Å². The van der Waals surface area contributed by atoms with Gasteiger partial charge >= 0.3 is 6.03 Å². The zero-order valence-electron chi connectivity index (χ0n) is 39.9. The number of unbranched alkanes of at least 4 members (excludes halogenated alkanes) is 1. The number of carbonyl (C=O) groups is 5. The van der Waals surface area contributed by atoms with E-state index in [2.05, 4.69) is 38.2 Å². The Hall–Kier alpha value is -6.70. The van der Waals surface area contributed by atoms with Crippen LogP contribution in [0.1, 0.15) is 99.1 Å². The Morgan fingerprint density at radius 3 is 2.35 bits per heavy atom. The molecule has 18 nitrogen and oxygen atoms in total. The molecule has 1 fully saturated rings. The van der Waals surface area contributed by atoms with Crippen LogP contribution < -0.4 is 26.2 Å². The average Bonchev–Trinajstić information content (AvgIpc) is 4.10. The number of aromatic nitrogens is 4. The van der Waals surface area contributed by atoms with Crippen molar-refractivity contribution in [3.8, 4) is 16.2 Å². The molecule has 3 heterocycles. The van der Waals surface area contributed by atoms with E-state index in [9.17, 15) is 29.1 Å². The van der Waals surface area contributed by atoms with Crippen LogP contribution in [0.15, 0.2) is 84.5 Å². The molecule has 69 heavy (non-hydrogen) atoms. The predicted octanol–water partition coefficient (Wildman–Crippen LogP) is 6.26. The highest BCUT2D eigenvalue weighted by Crippen LogP contribution is 2.29. The average molecular weight is 965 g/mol. The predicted molar refractivity (Wildman–Crippen MR) is 261 cm³/mol. The van der Waals surface area contributed by atoms with Gasteiger partial charge in [0.25, 0.3) is 5.91 Å². The number of nitrogens with one attached hydrogen (secondary N) is 4. The van der Waals surface area contributed by atoms with Crippen LogP contribution >= 0.6 is 11.3 Å².